The van der Waals surface area contributed by atoms with Gasteiger partial charge >= 0.3 is 0 Å². The minimum atomic E-state index is -3.85. The molecule has 2 amide bonds. The van der Waals surface area contributed by atoms with Crippen LogP contribution in [0.5, 0.6) is 0 Å². The van der Waals surface area contributed by atoms with E-state index in [1.54, 1.807) is 60.9 Å². The Morgan fingerprint density at radius 2 is 1.43 bits per heavy atom. The monoisotopic (exact) mass is 495 g/mol. The van der Waals surface area contributed by atoms with Crippen molar-refractivity contribution in [1.82, 2.24) is 9.80 Å². The molecule has 1 fully saturated rings. The Balaban J connectivity index is 1.50. The molecule has 9 heteroatoms. The molecule has 35 heavy (non-hydrogen) atoms. The van der Waals surface area contributed by atoms with Crippen molar-refractivity contribution < 1.29 is 22.4 Å². The van der Waals surface area contributed by atoms with Gasteiger partial charge in [-0.25, -0.2) is 8.42 Å². The van der Waals surface area contributed by atoms with Crippen molar-refractivity contribution in [2.45, 2.75) is 32.6 Å². The average Bonchev–Trinajstić information content (AvgIpc) is 3.33. The molecule has 184 valence electrons. The third-order valence-corrected chi connectivity index (χ3v) is 7.86. The Hall–Kier alpha value is -3.59. The van der Waals surface area contributed by atoms with Gasteiger partial charge in [-0.05, 0) is 68.7 Å². The number of hydrogen-bond donors (Lipinski definition) is 1. The molecule has 0 aliphatic carbocycles. The van der Waals surface area contributed by atoms with E-state index < -0.39 is 10.0 Å². The van der Waals surface area contributed by atoms with Crippen molar-refractivity contribution in [2.24, 2.45) is 0 Å². The first-order valence-electron chi connectivity index (χ1n) is 11.4. The topological polar surface area (TPSA) is 99.9 Å². The second-order valence-corrected chi connectivity index (χ2v) is 10.5. The number of anilines is 1. The van der Waals surface area contributed by atoms with E-state index in [-0.39, 0.29) is 22.5 Å². The molecule has 0 spiro atoms. The molecule has 0 unspecified atom stereocenters. The van der Waals surface area contributed by atoms with E-state index in [1.807, 2.05) is 19.1 Å². The lowest BCUT2D eigenvalue weighted by molar-refractivity contribution is 0.0518. The van der Waals surface area contributed by atoms with Crippen LogP contribution in [0.4, 0.5) is 5.69 Å². The number of carbonyl (C=O) groups is 2. The van der Waals surface area contributed by atoms with Crippen LogP contribution in [0.2, 0.25) is 0 Å². The SMILES string of the molecule is Cc1cc(C)c(S(=O)(=O)Nc2cc(C(=O)N3CCN(C(=O)c4ccco4)CC3)ccc2C)c(C)c1. The van der Waals surface area contributed by atoms with Gasteiger partial charge in [0.2, 0.25) is 0 Å². The smallest absolute Gasteiger partial charge is 0.289 e. The number of benzene rings is 2. The highest BCUT2D eigenvalue weighted by molar-refractivity contribution is 7.92. The minimum Gasteiger partial charge on any atom is -0.459 e. The number of furan rings is 1. The molecule has 3 aromatic rings. The first-order chi connectivity index (χ1) is 16.6. The molecule has 1 aliphatic rings. The van der Waals surface area contributed by atoms with Gasteiger partial charge in [0.1, 0.15) is 0 Å². The second kappa shape index (κ2) is 9.58. The highest BCUT2D eigenvalue weighted by Gasteiger charge is 2.27. The Morgan fingerprint density at radius 1 is 0.829 bits per heavy atom. The quantitative estimate of drug-likeness (QED) is 0.579. The third kappa shape index (κ3) is 5.09. The largest absolute Gasteiger partial charge is 0.459 e. The summed E-state index contributed by atoms with van der Waals surface area (Å²) in [6.07, 6.45) is 1.46. The summed E-state index contributed by atoms with van der Waals surface area (Å²) in [7, 11) is -3.85. The van der Waals surface area contributed by atoms with Crippen LogP contribution < -0.4 is 4.72 Å². The molecule has 1 aliphatic heterocycles. The predicted molar refractivity (Wildman–Crippen MR) is 133 cm³/mol. The van der Waals surface area contributed by atoms with Crippen molar-refractivity contribution >= 4 is 27.5 Å². The normalized spacial score (nSPS) is 14.2. The van der Waals surface area contributed by atoms with Gasteiger partial charge in [-0.1, -0.05) is 23.8 Å². The van der Waals surface area contributed by atoms with E-state index >= 15 is 0 Å². The van der Waals surface area contributed by atoms with Gasteiger partial charge in [-0.2, -0.15) is 0 Å². The molecule has 1 saturated heterocycles. The maximum Gasteiger partial charge on any atom is 0.289 e. The number of hydrogen-bond acceptors (Lipinski definition) is 5. The van der Waals surface area contributed by atoms with Crippen molar-refractivity contribution in [2.75, 3.05) is 30.9 Å². The molecular weight excluding hydrogens is 466 g/mol. The van der Waals surface area contributed by atoms with Gasteiger partial charge in [-0.3, -0.25) is 14.3 Å². The molecule has 1 N–H and O–H groups in total. The Labute approximate surface area is 205 Å². The second-order valence-electron chi connectivity index (χ2n) is 8.92. The fraction of sp³-hybridized carbons (Fsp3) is 0.308. The fourth-order valence-electron chi connectivity index (χ4n) is 4.50. The van der Waals surface area contributed by atoms with Crippen LogP contribution in [0.25, 0.3) is 0 Å². The van der Waals surface area contributed by atoms with Crippen molar-refractivity contribution in [1.29, 1.82) is 0 Å². The summed E-state index contributed by atoms with van der Waals surface area (Å²) in [6.45, 7) is 8.81. The lowest BCUT2D eigenvalue weighted by Gasteiger charge is -2.34. The zero-order chi connectivity index (χ0) is 25.3. The summed E-state index contributed by atoms with van der Waals surface area (Å²) in [6, 6.07) is 12.0. The lowest BCUT2D eigenvalue weighted by atomic mass is 10.1. The molecule has 0 radical (unpaired) electrons. The third-order valence-electron chi connectivity index (χ3n) is 6.19. The number of nitrogens with zero attached hydrogens (tertiary/aromatic N) is 2. The number of nitrogens with one attached hydrogen (secondary N) is 1. The summed E-state index contributed by atoms with van der Waals surface area (Å²) in [5.41, 5.74) is 3.79. The van der Waals surface area contributed by atoms with Crippen LogP contribution in [-0.2, 0) is 10.0 Å². The maximum absolute atomic E-state index is 13.2. The van der Waals surface area contributed by atoms with E-state index in [4.69, 9.17) is 4.42 Å². The van der Waals surface area contributed by atoms with Crippen LogP contribution in [0.1, 0.15) is 43.2 Å². The molecule has 2 heterocycles. The first-order valence-corrected chi connectivity index (χ1v) is 12.9. The number of sulfonamides is 1. The average molecular weight is 496 g/mol. The predicted octanol–water partition coefficient (Wildman–Crippen LogP) is 3.91. The Kier molecular flexibility index (Phi) is 6.71. The van der Waals surface area contributed by atoms with E-state index in [0.29, 0.717) is 54.1 Å². The summed E-state index contributed by atoms with van der Waals surface area (Å²) in [4.78, 5) is 29.2. The number of rotatable bonds is 5. The van der Waals surface area contributed by atoms with Gasteiger partial charge in [0, 0.05) is 31.7 Å². The summed E-state index contributed by atoms with van der Waals surface area (Å²) < 4.78 is 34.3. The Morgan fingerprint density at radius 3 is 2.00 bits per heavy atom. The van der Waals surface area contributed by atoms with Crippen molar-refractivity contribution in [3.8, 4) is 0 Å². The molecule has 2 aromatic carbocycles. The van der Waals surface area contributed by atoms with Crippen LogP contribution in [0, 0.1) is 27.7 Å². The van der Waals surface area contributed by atoms with E-state index in [1.165, 1.54) is 6.26 Å². The number of carbonyl (C=O) groups excluding carboxylic acids is 2. The van der Waals surface area contributed by atoms with Gasteiger partial charge in [-0.15, -0.1) is 0 Å². The molecule has 1 aromatic heterocycles. The number of amides is 2. The van der Waals surface area contributed by atoms with E-state index in [2.05, 4.69) is 4.72 Å². The summed E-state index contributed by atoms with van der Waals surface area (Å²) in [5.74, 6) is -0.131. The van der Waals surface area contributed by atoms with Crippen molar-refractivity contribution in [3.63, 3.8) is 0 Å². The minimum absolute atomic E-state index is 0.198. The molecule has 0 atom stereocenters. The first kappa shape index (κ1) is 24.5. The van der Waals surface area contributed by atoms with Crippen molar-refractivity contribution in [3.05, 3.63) is 82.3 Å². The van der Waals surface area contributed by atoms with Crippen LogP contribution >= 0.6 is 0 Å². The van der Waals surface area contributed by atoms with Gasteiger partial charge < -0.3 is 14.2 Å². The molecule has 0 bridgehead atoms. The zero-order valence-electron chi connectivity index (χ0n) is 20.3. The van der Waals surface area contributed by atoms with Gasteiger partial charge in [0.25, 0.3) is 21.8 Å². The molecule has 4 rings (SSSR count). The Bertz CT molecular complexity index is 1350. The summed E-state index contributed by atoms with van der Waals surface area (Å²) in [5, 5.41) is 0. The number of piperazine rings is 1. The van der Waals surface area contributed by atoms with Crippen LogP contribution in [0.3, 0.4) is 0 Å². The summed E-state index contributed by atoms with van der Waals surface area (Å²) >= 11 is 0. The van der Waals surface area contributed by atoms with Gasteiger partial charge in [0.05, 0.1) is 16.8 Å². The van der Waals surface area contributed by atoms with Crippen LogP contribution in [0.15, 0.2) is 58.0 Å². The van der Waals surface area contributed by atoms with E-state index in [9.17, 15) is 18.0 Å². The van der Waals surface area contributed by atoms with E-state index in [0.717, 1.165) is 5.56 Å². The highest BCUT2D eigenvalue weighted by Crippen LogP contribution is 2.27. The zero-order valence-corrected chi connectivity index (χ0v) is 21.1. The van der Waals surface area contributed by atoms with Gasteiger partial charge in [0.15, 0.2) is 5.76 Å². The molecule has 8 nitrogen and oxygen atoms in total. The highest BCUT2D eigenvalue weighted by atomic mass is 32.2. The lowest BCUT2D eigenvalue weighted by Crippen LogP contribution is -2.50. The maximum atomic E-state index is 13.2. The molecule has 0 saturated carbocycles. The van der Waals surface area contributed by atoms with Crippen LogP contribution in [-0.4, -0.2) is 56.2 Å². The standard InChI is InChI=1S/C26H29N3O5S/c1-17-14-19(3)24(20(4)15-17)35(32,33)27-22-16-21(8-7-18(22)2)25(30)28-9-11-29(12-10-28)26(31)23-6-5-13-34-23/h5-8,13-16,27H,9-12H2,1-4H3. The number of aryl methyl sites for hydroxylation is 4. The molecular formula is C26H29N3O5S. The fourth-order valence-corrected chi connectivity index (χ4v) is 6.08.